The maximum Gasteiger partial charge on any atom is 0.253 e. The number of aromatic amines is 1. The van der Waals surface area contributed by atoms with Gasteiger partial charge in [0.1, 0.15) is 5.82 Å². The number of amides is 2. The molecule has 3 aromatic heterocycles. The van der Waals surface area contributed by atoms with Gasteiger partial charge in [-0.25, -0.2) is 9.50 Å². The Balaban J connectivity index is 1.21. The number of aromatic nitrogens is 4. The average molecular weight is 506 g/mol. The zero-order valence-corrected chi connectivity index (χ0v) is 20.7. The Labute approximate surface area is 219 Å². The van der Waals surface area contributed by atoms with E-state index in [9.17, 15) is 9.59 Å². The lowest BCUT2D eigenvalue weighted by atomic mass is 10.0. The van der Waals surface area contributed by atoms with Gasteiger partial charge in [0.2, 0.25) is 5.91 Å². The molecule has 1 atom stereocenters. The van der Waals surface area contributed by atoms with Gasteiger partial charge in [0.25, 0.3) is 5.91 Å². The van der Waals surface area contributed by atoms with Crippen molar-refractivity contribution < 1.29 is 9.59 Å². The number of hydrogen-bond acceptors (Lipinski definition) is 5. The third kappa shape index (κ3) is 4.50. The third-order valence-electron chi connectivity index (χ3n) is 6.88. The average Bonchev–Trinajstić information content (AvgIpc) is 3.60. The van der Waals surface area contributed by atoms with Crippen molar-refractivity contribution in [2.75, 3.05) is 23.7 Å². The topological polar surface area (TPSA) is 107 Å². The van der Waals surface area contributed by atoms with Gasteiger partial charge in [0, 0.05) is 71.0 Å². The molecule has 0 bridgehead atoms. The summed E-state index contributed by atoms with van der Waals surface area (Å²) >= 11 is 0. The van der Waals surface area contributed by atoms with Crippen molar-refractivity contribution in [1.82, 2.24) is 24.5 Å². The van der Waals surface area contributed by atoms with E-state index in [0.717, 1.165) is 46.3 Å². The van der Waals surface area contributed by atoms with Crippen molar-refractivity contribution in [3.63, 3.8) is 0 Å². The molecule has 9 nitrogen and oxygen atoms in total. The van der Waals surface area contributed by atoms with Crippen molar-refractivity contribution in [1.29, 1.82) is 0 Å². The van der Waals surface area contributed by atoms with Gasteiger partial charge in [0.15, 0.2) is 5.65 Å². The number of piperidine rings is 1. The Morgan fingerprint density at radius 3 is 2.79 bits per heavy atom. The van der Waals surface area contributed by atoms with Gasteiger partial charge in [-0.05, 0) is 55.3 Å². The summed E-state index contributed by atoms with van der Waals surface area (Å²) in [6.45, 7) is 4.72. The van der Waals surface area contributed by atoms with Crippen molar-refractivity contribution in [2.24, 2.45) is 0 Å². The molecule has 0 radical (unpaired) electrons. The number of nitrogens with zero attached hydrogens (tertiary/aromatic N) is 4. The van der Waals surface area contributed by atoms with Crippen LogP contribution < -0.4 is 10.6 Å². The van der Waals surface area contributed by atoms with Crippen LogP contribution in [-0.4, -0.2) is 55.4 Å². The fourth-order valence-corrected chi connectivity index (χ4v) is 5.04. The van der Waals surface area contributed by atoms with Crippen LogP contribution in [0.25, 0.3) is 27.7 Å². The Kier molecular flexibility index (Phi) is 6.09. The normalized spacial score (nSPS) is 15.5. The van der Waals surface area contributed by atoms with Crippen LogP contribution in [0, 0.1) is 0 Å². The van der Waals surface area contributed by atoms with Crippen LogP contribution in [0.1, 0.15) is 23.2 Å². The maximum atomic E-state index is 13.2. The molecule has 0 spiro atoms. The second-order valence-corrected chi connectivity index (χ2v) is 9.39. The number of hydrogen-bond donors (Lipinski definition) is 3. The number of fused-ring (bicyclic) bond motifs is 2. The SMILES string of the molecule is C=CC(=O)Nc1ccc(C(=O)N2CCC[C@@H](Nc3cc(-c4c[nH]c5ccccc45)c4nccn4n3)C2)cc1. The molecule has 9 heteroatoms. The van der Waals surface area contributed by atoms with Gasteiger partial charge >= 0.3 is 0 Å². The Morgan fingerprint density at radius 1 is 1.11 bits per heavy atom. The number of carbonyl (C=O) groups excluding carboxylic acids is 2. The van der Waals surface area contributed by atoms with Crippen molar-refractivity contribution >= 4 is 39.9 Å². The Bertz CT molecular complexity index is 1650. The molecule has 4 heterocycles. The predicted octanol–water partition coefficient (Wildman–Crippen LogP) is 4.72. The number of anilines is 2. The largest absolute Gasteiger partial charge is 0.364 e. The highest BCUT2D eigenvalue weighted by Crippen LogP contribution is 2.32. The number of carbonyl (C=O) groups is 2. The van der Waals surface area contributed by atoms with E-state index < -0.39 is 0 Å². The lowest BCUT2D eigenvalue weighted by Crippen LogP contribution is -2.45. The van der Waals surface area contributed by atoms with E-state index in [1.165, 1.54) is 6.08 Å². The molecule has 0 saturated carbocycles. The summed E-state index contributed by atoms with van der Waals surface area (Å²) in [5, 5.41) is 12.1. The second-order valence-electron chi connectivity index (χ2n) is 9.39. The Morgan fingerprint density at radius 2 is 1.95 bits per heavy atom. The molecular weight excluding hydrogens is 478 g/mol. The van der Waals surface area contributed by atoms with E-state index >= 15 is 0 Å². The molecule has 1 fully saturated rings. The van der Waals surface area contributed by atoms with Gasteiger partial charge in [-0.1, -0.05) is 24.8 Å². The number of H-pyrrole nitrogens is 1. The van der Waals surface area contributed by atoms with Crippen LogP contribution in [0.3, 0.4) is 0 Å². The molecule has 0 aliphatic carbocycles. The van der Waals surface area contributed by atoms with Gasteiger partial charge in [-0.2, -0.15) is 0 Å². The molecule has 5 aromatic rings. The first-order valence-corrected chi connectivity index (χ1v) is 12.6. The first-order valence-electron chi connectivity index (χ1n) is 12.6. The summed E-state index contributed by atoms with van der Waals surface area (Å²) in [5.41, 5.74) is 5.11. The van der Waals surface area contributed by atoms with Crippen LogP contribution in [0.15, 0.2) is 85.8 Å². The minimum Gasteiger partial charge on any atom is -0.364 e. The Hall–Kier alpha value is -4.92. The minimum atomic E-state index is -0.288. The van der Waals surface area contributed by atoms with Crippen LogP contribution >= 0.6 is 0 Å². The second kappa shape index (κ2) is 9.85. The van der Waals surface area contributed by atoms with Crippen LogP contribution in [0.4, 0.5) is 11.5 Å². The maximum absolute atomic E-state index is 13.2. The standard InChI is InChI=1S/C29H27N7O2/c1-2-27(37)33-20-11-9-19(10-12-20)29(38)35-14-5-6-21(18-35)32-26-16-23(28-30-13-15-36(28)34-26)24-17-31-25-8-4-3-7-22(24)25/h2-4,7-13,15-17,21,31H,1,5-6,14,18H2,(H,32,34)(H,33,37)/t21-/m1/s1. The van der Waals surface area contributed by atoms with Gasteiger partial charge in [-0.3, -0.25) is 9.59 Å². The van der Waals surface area contributed by atoms with E-state index in [0.29, 0.717) is 24.3 Å². The molecule has 1 aliphatic rings. The number of para-hydroxylation sites is 1. The van der Waals surface area contributed by atoms with E-state index in [-0.39, 0.29) is 17.9 Å². The number of likely N-dealkylation sites (tertiary alicyclic amines) is 1. The monoisotopic (exact) mass is 505 g/mol. The third-order valence-corrected chi connectivity index (χ3v) is 6.88. The van der Waals surface area contributed by atoms with E-state index in [1.807, 2.05) is 35.5 Å². The lowest BCUT2D eigenvalue weighted by Gasteiger charge is -2.33. The molecule has 2 amide bonds. The molecular formula is C29H27N7O2. The summed E-state index contributed by atoms with van der Waals surface area (Å²) in [7, 11) is 0. The van der Waals surface area contributed by atoms with Gasteiger partial charge in [0.05, 0.1) is 0 Å². The number of nitrogens with one attached hydrogen (secondary N) is 3. The summed E-state index contributed by atoms with van der Waals surface area (Å²) < 4.78 is 1.79. The minimum absolute atomic E-state index is 0.0319. The van der Waals surface area contributed by atoms with Crippen molar-refractivity contribution in [3.8, 4) is 11.1 Å². The zero-order valence-electron chi connectivity index (χ0n) is 20.7. The highest BCUT2D eigenvalue weighted by molar-refractivity contribution is 6.00. The lowest BCUT2D eigenvalue weighted by molar-refractivity contribution is -0.111. The molecule has 1 saturated heterocycles. The van der Waals surface area contributed by atoms with Crippen LogP contribution in [0.2, 0.25) is 0 Å². The first kappa shape index (κ1) is 23.5. The summed E-state index contributed by atoms with van der Waals surface area (Å²) in [6.07, 6.45) is 8.63. The quantitative estimate of drug-likeness (QED) is 0.290. The van der Waals surface area contributed by atoms with Crippen LogP contribution in [-0.2, 0) is 4.79 Å². The fourth-order valence-electron chi connectivity index (χ4n) is 5.04. The molecule has 2 aromatic carbocycles. The predicted molar refractivity (Wildman–Crippen MR) is 148 cm³/mol. The molecule has 3 N–H and O–H groups in total. The molecule has 190 valence electrons. The van der Waals surface area contributed by atoms with E-state index in [4.69, 9.17) is 5.10 Å². The zero-order chi connectivity index (χ0) is 26.1. The summed E-state index contributed by atoms with van der Waals surface area (Å²) in [4.78, 5) is 34.5. The van der Waals surface area contributed by atoms with Gasteiger partial charge < -0.3 is 20.5 Å². The van der Waals surface area contributed by atoms with Gasteiger partial charge in [-0.15, -0.1) is 5.10 Å². The highest BCUT2D eigenvalue weighted by atomic mass is 16.2. The smallest absolute Gasteiger partial charge is 0.253 e. The number of imidazole rings is 1. The highest BCUT2D eigenvalue weighted by Gasteiger charge is 2.25. The molecule has 1 aliphatic heterocycles. The van der Waals surface area contributed by atoms with Crippen molar-refractivity contribution in [2.45, 2.75) is 18.9 Å². The molecule has 0 unspecified atom stereocenters. The van der Waals surface area contributed by atoms with Crippen molar-refractivity contribution in [3.05, 3.63) is 91.4 Å². The summed E-state index contributed by atoms with van der Waals surface area (Å²) in [6, 6.07) is 17.2. The van der Waals surface area contributed by atoms with Crippen LogP contribution in [0.5, 0.6) is 0 Å². The number of rotatable bonds is 6. The summed E-state index contributed by atoms with van der Waals surface area (Å²) in [5.74, 6) is 0.414. The fraction of sp³-hybridized carbons (Fsp3) is 0.172. The number of benzene rings is 2. The molecule has 38 heavy (non-hydrogen) atoms. The first-order chi connectivity index (χ1) is 18.6. The van der Waals surface area contributed by atoms with E-state index in [1.54, 1.807) is 35.0 Å². The van der Waals surface area contributed by atoms with E-state index in [2.05, 4.69) is 39.3 Å². The molecule has 6 rings (SSSR count).